The van der Waals surface area contributed by atoms with Gasteiger partial charge in [-0.3, -0.25) is 0 Å². The lowest BCUT2D eigenvalue weighted by molar-refractivity contribution is 0.554. The van der Waals surface area contributed by atoms with Crippen LogP contribution < -0.4 is 0 Å². The van der Waals surface area contributed by atoms with Gasteiger partial charge in [0.25, 0.3) is 0 Å². The van der Waals surface area contributed by atoms with Gasteiger partial charge in [-0.05, 0) is 24.1 Å². The molecule has 0 spiro atoms. The summed E-state index contributed by atoms with van der Waals surface area (Å²) < 4.78 is 0. The molecular weight excluding hydrogens is 220 g/mol. The summed E-state index contributed by atoms with van der Waals surface area (Å²) in [6, 6.07) is 6.29. The van der Waals surface area contributed by atoms with Gasteiger partial charge in [-0.25, -0.2) is 4.98 Å². The fourth-order valence-corrected chi connectivity index (χ4v) is 1.89. The number of halogens is 1. The number of benzene rings is 1. The molecule has 2 rings (SSSR count). The summed E-state index contributed by atoms with van der Waals surface area (Å²) in [5, 5.41) is 0. The first-order valence-electron chi connectivity index (χ1n) is 5.56. The number of nitrogens with one attached hydrogen (secondary N) is 1. The molecule has 1 N–H and O–H groups in total. The minimum absolute atomic E-state index is 0.0612. The fourth-order valence-electron chi connectivity index (χ4n) is 1.68. The second-order valence-electron chi connectivity index (χ2n) is 5.13. The van der Waals surface area contributed by atoms with Crippen molar-refractivity contribution in [2.24, 2.45) is 0 Å². The van der Waals surface area contributed by atoms with E-state index < -0.39 is 0 Å². The third-order valence-corrected chi connectivity index (χ3v) is 2.83. The lowest BCUT2D eigenvalue weighted by Crippen LogP contribution is -2.12. The smallest absolute Gasteiger partial charge is 0.112 e. The molecule has 0 radical (unpaired) electrons. The van der Waals surface area contributed by atoms with Crippen LogP contribution >= 0.6 is 11.6 Å². The van der Waals surface area contributed by atoms with E-state index in [-0.39, 0.29) is 5.41 Å². The van der Waals surface area contributed by atoms with E-state index in [1.165, 1.54) is 5.56 Å². The number of nitrogens with zero attached hydrogens (tertiary/aromatic N) is 1. The van der Waals surface area contributed by atoms with Gasteiger partial charge in [0.05, 0.1) is 11.0 Å². The van der Waals surface area contributed by atoms with Crippen LogP contribution in [-0.4, -0.2) is 15.8 Å². The maximum Gasteiger partial charge on any atom is 0.112 e. The number of fused-ring (bicyclic) bond motifs is 1. The van der Waals surface area contributed by atoms with E-state index in [2.05, 4.69) is 48.9 Å². The van der Waals surface area contributed by atoms with Gasteiger partial charge >= 0.3 is 0 Å². The Hall–Kier alpha value is -1.02. The highest BCUT2D eigenvalue weighted by molar-refractivity contribution is 6.18. The SMILES string of the molecule is CC(C)(C)c1nc2ccc(CCCl)cc2[nH]1. The molecule has 1 aromatic carbocycles. The second kappa shape index (κ2) is 4.10. The van der Waals surface area contributed by atoms with Crippen LogP contribution in [0.5, 0.6) is 0 Å². The van der Waals surface area contributed by atoms with Gasteiger partial charge in [-0.1, -0.05) is 26.8 Å². The first kappa shape index (κ1) is 11.5. The maximum absolute atomic E-state index is 5.74. The Balaban J connectivity index is 2.46. The number of hydrogen-bond donors (Lipinski definition) is 1. The van der Waals surface area contributed by atoms with Crippen LogP contribution in [0.2, 0.25) is 0 Å². The van der Waals surface area contributed by atoms with Crippen molar-refractivity contribution in [3.8, 4) is 0 Å². The van der Waals surface area contributed by atoms with E-state index in [9.17, 15) is 0 Å². The van der Waals surface area contributed by atoms with Crippen LogP contribution in [0.1, 0.15) is 32.2 Å². The van der Waals surface area contributed by atoms with Gasteiger partial charge in [0, 0.05) is 11.3 Å². The van der Waals surface area contributed by atoms with Crippen molar-refractivity contribution in [1.29, 1.82) is 0 Å². The molecule has 0 aliphatic heterocycles. The average molecular weight is 237 g/mol. The summed E-state index contributed by atoms with van der Waals surface area (Å²) in [6.45, 7) is 6.47. The first-order valence-corrected chi connectivity index (χ1v) is 6.09. The minimum Gasteiger partial charge on any atom is -0.342 e. The van der Waals surface area contributed by atoms with Crippen LogP contribution in [0.15, 0.2) is 18.2 Å². The molecule has 0 atom stereocenters. The van der Waals surface area contributed by atoms with E-state index in [4.69, 9.17) is 11.6 Å². The number of hydrogen-bond acceptors (Lipinski definition) is 1. The molecule has 0 saturated heterocycles. The number of H-pyrrole nitrogens is 1. The standard InChI is InChI=1S/C13H17ClN2/c1-13(2,3)12-15-10-5-4-9(6-7-14)8-11(10)16-12/h4-5,8H,6-7H2,1-3H3,(H,15,16). The molecule has 16 heavy (non-hydrogen) atoms. The van der Waals surface area contributed by atoms with Crippen LogP contribution in [-0.2, 0) is 11.8 Å². The molecule has 0 fully saturated rings. The summed E-state index contributed by atoms with van der Waals surface area (Å²) in [5.74, 6) is 1.69. The molecule has 86 valence electrons. The third-order valence-electron chi connectivity index (χ3n) is 2.64. The molecule has 2 nitrogen and oxygen atoms in total. The number of alkyl halides is 1. The van der Waals surface area contributed by atoms with Crippen LogP contribution in [0.25, 0.3) is 11.0 Å². The van der Waals surface area contributed by atoms with Gasteiger partial charge in [0.2, 0.25) is 0 Å². The highest BCUT2D eigenvalue weighted by Gasteiger charge is 2.17. The van der Waals surface area contributed by atoms with Crippen molar-refractivity contribution < 1.29 is 0 Å². The second-order valence-corrected chi connectivity index (χ2v) is 5.50. The number of aromatic nitrogens is 2. The van der Waals surface area contributed by atoms with Crippen molar-refractivity contribution in [3.05, 3.63) is 29.6 Å². The molecule has 3 heteroatoms. The molecule has 0 aliphatic carbocycles. The zero-order chi connectivity index (χ0) is 11.8. The fraction of sp³-hybridized carbons (Fsp3) is 0.462. The Bertz CT molecular complexity index is 494. The van der Waals surface area contributed by atoms with Crippen molar-refractivity contribution in [1.82, 2.24) is 9.97 Å². The number of imidazole rings is 1. The Kier molecular flexibility index (Phi) is 2.94. The summed E-state index contributed by atoms with van der Waals surface area (Å²) in [7, 11) is 0. The predicted molar refractivity (Wildman–Crippen MR) is 69.2 cm³/mol. The first-order chi connectivity index (χ1) is 7.50. The lowest BCUT2D eigenvalue weighted by Gasteiger charge is -2.13. The Morgan fingerprint density at radius 1 is 1.31 bits per heavy atom. The van der Waals surface area contributed by atoms with E-state index in [1.54, 1.807) is 0 Å². The summed E-state index contributed by atoms with van der Waals surface area (Å²) >= 11 is 5.74. The maximum atomic E-state index is 5.74. The summed E-state index contributed by atoms with van der Waals surface area (Å²) in [4.78, 5) is 7.98. The summed E-state index contributed by atoms with van der Waals surface area (Å²) in [5.41, 5.74) is 3.45. The van der Waals surface area contributed by atoms with Crippen LogP contribution in [0, 0.1) is 0 Å². The van der Waals surface area contributed by atoms with Crippen molar-refractivity contribution >= 4 is 22.6 Å². The van der Waals surface area contributed by atoms with Crippen molar-refractivity contribution in [2.45, 2.75) is 32.6 Å². The van der Waals surface area contributed by atoms with Gasteiger partial charge < -0.3 is 4.98 Å². The lowest BCUT2D eigenvalue weighted by atomic mass is 9.96. The normalized spacial score (nSPS) is 12.2. The molecule has 1 heterocycles. The van der Waals surface area contributed by atoms with Crippen molar-refractivity contribution in [3.63, 3.8) is 0 Å². The summed E-state index contributed by atoms with van der Waals surface area (Å²) in [6.07, 6.45) is 0.904. The van der Waals surface area contributed by atoms with Gasteiger partial charge in [0.15, 0.2) is 0 Å². The number of aryl methyl sites for hydroxylation is 1. The zero-order valence-corrected chi connectivity index (χ0v) is 10.7. The number of rotatable bonds is 2. The molecule has 0 bridgehead atoms. The van der Waals surface area contributed by atoms with E-state index >= 15 is 0 Å². The predicted octanol–water partition coefficient (Wildman–Crippen LogP) is 3.64. The van der Waals surface area contributed by atoms with Crippen LogP contribution in [0.3, 0.4) is 0 Å². The molecular formula is C13H17ClN2. The average Bonchev–Trinajstić information content (AvgIpc) is 2.60. The zero-order valence-electron chi connectivity index (χ0n) is 9.97. The Morgan fingerprint density at radius 2 is 2.06 bits per heavy atom. The van der Waals surface area contributed by atoms with Gasteiger partial charge in [-0.15, -0.1) is 11.6 Å². The van der Waals surface area contributed by atoms with E-state index in [0.717, 1.165) is 23.3 Å². The van der Waals surface area contributed by atoms with E-state index in [0.29, 0.717) is 5.88 Å². The monoisotopic (exact) mass is 236 g/mol. The molecule has 0 saturated carbocycles. The minimum atomic E-state index is 0.0612. The molecule has 0 amide bonds. The van der Waals surface area contributed by atoms with Gasteiger partial charge in [-0.2, -0.15) is 0 Å². The molecule has 2 aromatic rings. The largest absolute Gasteiger partial charge is 0.342 e. The molecule has 1 aromatic heterocycles. The topological polar surface area (TPSA) is 28.7 Å². The highest BCUT2D eigenvalue weighted by Crippen LogP contribution is 2.23. The third kappa shape index (κ3) is 2.22. The Labute approximate surface area is 101 Å². The Morgan fingerprint density at radius 3 is 2.69 bits per heavy atom. The molecule has 0 unspecified atom stereocenters. The number of aromatic amines is 1. The van der Waals surface area contributed by atoms with E-state index in [1.807, 2.05) is 0 Å². The highest BCUT2D eigenvalue weighted by atomic mass is 35.5. The van der Waals surface area contributed by atoms with Crippen molar-refractivity contribution in [2.75, 3.05) is 5.88 Å². The molecule has 0 aliphatic rings. The quantitative estimate of drug-likeness (QED) is 0.793. The van der Waals surface area contributed by atoms with Gasteiger partial charge in [0.1, 0.15) is 5.82 Å². The van der Waals surface area contributed by atoms with Crippen LogP contribution in [0.4, 0.5) is 0 Å².